The SMILES string of the molecule is C=CC1=C(C)C(c2ccccn2)=CC12CCNCC2. The molecule has 2 heteroatoms. The van der Waals surface area contributed by atoms with E-state index in [9.17, 15) is 0 Å². The summed E-state index contributed by atoms with van der Waals surface area (Å²) in [5.74, 6) is 0. The largest absolute Gasteiger partial charge is 0.317 e. The second kappa shape index (κ2) is 4.78. The summed E-state index contributed by atoms with van der Waals surface area (Å²) in [5, 5.41) is 3.45. The monoisotopic (exact) mass is 252 g/mol. The number of rotatable bonds is 2. The van der Waals surface area contributed by atoms with Gasteiger partial charge in [-0.25, -0.2) is 0 Å². The molecule has 3 rings (SSSR count). The van der Waals surface area contributed by atoms with Gasteiger partial charge in [0, 0.05) is 17.2 Å². The number of hydrogen-bond donors (Lipinski definition) is 1. The van der Waals surface area contributed by atoms with Crippen LogP contribution in [0.2, 0.25) is 0 Å². The molecule has 0 amide bonds. The minimum absolute atomic E-state index is 0.184. The van der Waals surface area contributed by atoms with Gasteiger partial charge in [-0.05, 0) is 56.1 Å². The van der Waals surface area contributed by atoms with Crippen LogP contribution < -0.4 is 5.32 Å². The minimum Gasteiger partial charge on any atom is -0.317 e. The molecule has 1 aromatic heterocycles. The van der Waals surface area contributed by atoms with Crippen molar-refractivity contribution >= 4 is 5.57 Å². The van der Waals surface area contributed by atoms with Crippen molar-refractivity contribution in [1.82, 2.24) is 10.3 Å². The average molecular weight is 252 g/mol. The third kappa shape index (κ3) is 1.96. The fourth-order valence-electron chi connectivity index (χ4n) is 3.41. The molecule has 1 saturated heterocycles. The van der Waals surface area contributed by atoms with Crippen molar-refractivity contribution in [2.24, 2.45) is 5.41 Å². The first-order valence-electron chi connectivity index (χ1n) is 6.96. The molecule has 1 aliphatic carbocycles. The molecule has 0 radical (unpaired) electrons. The van der Waals surface area contributed by atoms with Crippen molar-refractivity contribution in [3.05, 3.63) is 60.0 Å². The summed E-state index contributed by atoms with van der Waals surface area (Å²) in [6.45, 7) is 8.40. The van der Waals surface area contributed by atoms with Crippen molar-refractivity contribution < 1.29 is 0 Å². The van der Waals surface area contributed by atoms with Gasteiger partial charge in [0.05, 0.1) is 5.69 Å². The molecular formula is C17H20N2. The highest BCUT2D eigenvalue weighted by Gasteiger charge is 2.38. The lowest BCUT2D eigenvalue weighted by atomic mass is 9.74. The molecule has 2 nitrogen and oxygen atoms in total. The van der Waals surface area contributed by atoms with Gasteiger partial charge in [-0.3, -0.25) is 4.98 Å². The van der Waals surface area contributed by atoms with Gasteiger partial charge in [-0.2, -0.15) is 0 Å². The van der Waals surface area contributed by atoms with Crippen molar-refractivity contribution in [2.75, 3.05) is 13.1 Å². The molecule has 1 fully saturated rings. The maximum Gasteiger partial charge on any atom is 0.0701 e. The minimum atomic E-state index is 0.184. The van der Waals surface area contributed by atoms with Gasteiger partial charge in [0.1, 0.15) is 0 Å². The molecule has 98 valence electrons. The molecule has 0 aromatic carbocycles. The molecule has 0 atom stereocenters. The van der Waals surface area contributed by atoms with Crippen LogP contribution in [0.25, 0.3) is 5.57 Å². The first-order chi connectivity index (χ1) is 9.27. The third-order valence-corrected chi connectivity index (χ3v) is 4.41. The maximum atomic E-state index is 4.51. The van der Waals surface area contributed by atoms with E-state index in [0.717, 1.165) is 31.6 Å². The summed E-state index contributed by atoms with van der Waals surface area (Å²) in [6, 6.07) is 6.11. The summed E-state index contributed by atoms with van der Waals surface area (Å²) >= 11 is 0. The number of aromatic nitrogens is 1. The Hall–Kier alpha value is -1.67. The molecule has 1 spiro atoms. The number of pyridine rings is 1. The van der Waals surface area contributed by atoms with Crippen LogP contribution >= 0.6 is 0 Å². The van der Waals surface area contributed by atoms with E-state index < -0.39 is 0 Å². The Balaban J connectivity index is 2.09. The first-order valence-corrected chi connectivity index (χ1v) is 6.96. The van der Waals surface area contributed by atoms with Gasteiger partial charge in [0.15, 0.2) is 0 Å². The van der Waals surface area contributed by atoms with Crippen LogP contribution in [-0.2, 0) is 0 Å². The van der Waals surface area contributed by atoms with E-state index in [0.29, 0.717) is 0 Å². The van der Waals surface area contributed by atoms with E-state index in [1.54, 1.807) is 0 Å². The molecular weight excluding hydrogens is 232 g/mol. The van der Waals surface area contributed by atoms with E-state index in [1.807, 2.05) is 18.3 Å². The zero-order valence-electron chi connectivity index (χ0n) is 11.4. The summed E-state index contributed by atoms with van der Waals surface area (Å²) in [5.41, 5.74) is 5.29. The standard InChI is InChI=1S/C17H20N2/c1-3-15-13(2)14(16-6-4-5-9-19-16)12-17(15)7-10-18-11-8-17/h3-6,9,12,18H,1,7-8,10-11H2,2H3. The molecule has 2 heterocycles. The average Bonchev–Trinajstić information content (AvgIpc) is 2.73. The molecule has 1 aromatic rings. The second-order valence-electron chi connectivity index (χ2n) is 5.42. The van der Waals surface area contributed by atoms with Crippen LogP contribution in [0.15, 0.2) is 54.3 Å². The number of hydrogen-bond acceptors (Lipinski definition) is 2. The Morgan fingerprint density at radius 3 is 2.74 bits per heavy atom. The highest BCUT2D eigenvalue weighted by molar-refractivity contribution is 5.83. The smallest absolute Gasteiger partial charge is 0.0701 e. The van der Waals surface area contributed by atoms with Crippen molar-refractivity contribution in [2.45, 2.75) is 19.8 Å². The topological polar surface area (TPSA) is 24.9 Å². The fraction of sp³-hybridized carbons (Fsp3) is 0.353. The van der Waals surface area contributed by atoms with Crippen LogP contribution in [0.4, 0.5) is 0 Å². The van der Waals surface area contributed by atoms with E-state index >= 15 is 0 Å². The zero-order chi connectivity index (χ0) is 13.3. The zero-order valence-corrected chi connectivity index (χ0v) is 11.4. The number of allylic oxidation sites excluding steroid dienone is 5. The fourth-order valence-corrected chi connectivity index (χ4v) is 3.41. The van der Waals surface area contributed by atoms with Gasteiger partial charge in [0.2, 0.25) is 0 Å². The van der Waals surface area contributed by atoms with Gasteiger partial charge < -0.3 is 5.32 Å². The lowest BCUT2D eigenvalue weighted by molar-refractivity contribution is 0.333. The molecule has 0 saturated carbocycles. The van der Waals surface area contributed by atoms with Crippen molar-refractivity contribution in [1.29, 1.82) is 0 Å². The highest BCUT2D eigenvalue weighted by atomic mass is 14.9. The van der Waals surface area contributed by atoms with Crippen LogP contribution in [0.3, 0.4) is 0 Å². The lowest BCUT2D eigenvalue weighted by Gasteiger charge is -2.34. The Kier molecular flexibility index (Phi) is 3.11. The molecule has 0 unspecified atom stereocenters. The number of piperidine rings is 1. The summed E-state index contributed by atoms with van der Waals surface area (Å²) < 4.78 is 0. The number of nitrogens with one attached hydrogen (secondary N) is 1. The first kappa shape index (κ1) is 12.4. The Bertz CT molecular complexity index is 546. The third-order valence-electron chi connectivity index (χ3n) is 4.41. The number of nitrogens with zero attached hydrogens (tertiary/aromatic N) is 1. The second-order valence-corrected chi connectivity index (χ2v) is 5.42. The van der Waals surface area contributed by atoms with E-state index in [4.69, 9.17) is 0 Å². The van der Waals surface area contributed by atoms with Gasteiger partial charge in [-0.1, -0.05) is 24.8 Å². The van der Waals surface area contributed by atoms with E-state index in [-0.39, 0.29) is 5.41 Å². The van der Waals surface area contributed by atoms with Crippen molar-refractivity contribution in [3.63, 3.8) is 0 Å². The van der Waals surface area contributed by atoms with Crippen molar-refractivity contribution in [3.8, 4) is 0 Å². The molecule has 2 aliphatic rings. The normalized spacial score (nSPS) is 21.6. The van der Waals surface area contributed by atoms with Crippen LogP contribution in [0.5, 0.6) is 0 Å². The summed E-state index contributed by atoms with van der Waals surface area (Å²) in [4.78, 5) is 4.51. The summed E-state index contributed by atoms with van der Waals surface area (Å²) in [7, 11) is 0. The van der Waals surface area contributed by atoms with Crippen LogP contribution in [0, 0.1) is 5.41 Å². The molecule has 0 bridgehead atoms. The van der Waals surface area contributed by atoms with Gasteiger partial charge in [0.25, 0.3) is 0 Å². The summed E-state index contributed by atoms with van der Waals surface area (Å²) in [6.07, 6.45) is 8.66. The van der Waals surface area contributed by atoms with Crippen LogP contribution in [-0.4, -0.2) is 18.1 Å². The maximum absolute atomic E-state index is 4.51. The van der Waals surface area contributed by atoms with Crippen LogP contribution in [0.1, 0.15) is 25.5 Å². The van der Waals surface area contributed by atoms with E-state index in [2.05, 4.69) is 42.0 Å². The Labute approximate surface area is 114 Å². The lowest BCUT2D eigenvalue weighted by Crippen LogP contribution is -2.35. The predicted molar refractivity (Wildman–Crippen MR) is 79.6 cm³/mol. The quantitative estimate of drug-likeness (QED) is 0.873. The van der Waals surface area contributed by atoms with Gasteiger partial charge >= 0.3 is 0 Å². The molecule has 1 aliphatic heterocycles. The Morgan fingerprint density at radius 2 is 2.11 bits per heavy atom. The van der Waals surface area contributed by atoms with Gasteiger partial charge in [-0.15, -0.1) is 0 Å². The Morgan fingerprint density at radius 1 is 1.32 bits per heavy atom. The highest BCUT2D eigenvalue weighted by Crippen LogP contribution is 2.49. The van der Waals surface area contributed by atoms with E-state index in [1.165, 1.54) is 16.7 Å². The predicted octanol–water partition coefficient (Wildman–Crippen LogP) is 3.35. The molecule has 1 N–H and O–H groups in total. The molecule has 19 heavy (non-hydrogen) atoms.